The number of hydroxylamine groups is 2. The van der Waals surface area contributed by atoms with E-state index in [1.54, 1.807) is 0 Å². The summed E-state index contributed by atoms with van der Waals surface area (Å²) in [6, 6.07) is 8.65. The molecule has 2 rings (SSSR count). The van der Waals surface area contributed by atoms with Crippen molar-refractivity contribution >= 4 is 0 Å². The number of benzene rings is 1. The van der Waals surface area contributed by atoms with Crippen LogP contribution in [0.4, 0.5) is 0 Å². The molecule has 0 amide bonds. The number of hydrogen-bond acceptors (Lipinski definition) is 2. The Kier molecular flexibility index (Phi) is 3.04. The van der Waals surface area contributed by atoms with Crippen LogP contribution >= 0.6 is 0 Å². The predicted octanol–water partition coefficient (Wildman–Crippen LogP) is 3.81. The first-order valence-corrected chi connectivity index (χ1v) is 6.45. The molecule has 17 heavy (non-hydrogen) atoms. The number of nitrogens with zero attached hydrogens (tertiary/aromatic N) is 1. The Balaban J connectivity index is 2.45. The quantitative estimate of drug-likeness (QED) is 0.787. The second-order valence-electron chi connectivity index (χ2n) is 5.79. The van der Waals surface area contributed by atoms with Crippen LogP contribution in [0.25, 0.3) is 0 Å². The third-order valence-corrected chi connectivity index (χ3v) is 3.69. The van der Waals surface area contributed by atoms with Gasteiger partial charge in [0.25, 0.3) is 0 Å². The van der Waals surface area contributed by atoms with Gasteiger partial charge in [-0.2, -0.15) is 5.06 Å². The molecule has 2 nitrogen and oxygen atoms in total. The lowest BCUT2D eigenvalue weighted by atomic mass is 9.91. The molecule has 94 valence electrons. The molecule has 0 fully saturated rings. The van der Waals surface area contributed by atoms with Gasteiger partial charge in [-0.25, -0.2) is 0 Å². The summed E-state index contributed by atoms with van der Waals surface area (Å²) in [5.74, 6) is 0. The van der Waals surface area contributed by atoms with Crippen LogP contribution in [-0.2, 0) is 15.9 Å². The normalized spacial score (nSPS) is 21.5. The van der Waals surface area contributed by atoms with E-state index in [1.807, 2.05) is 0 Å². The maximum Gasteiger partial charge on any atom is 0.0683 e. The van der Waals surface area contributed by atoms with E-state index in [0.29, 0.717) is 0 Å². The Morgan fingerprint density at radius 1 is 1.00 bits per heavy atom. The standard InChI is InChI=1S/C15H23NO/c1-6-11-17-16-14(2,3)12-9-7-8-10-13(12)15(16,4)5/h7-10H,6,11H2,1-5H3. The fourth-order valence-corrected chi connectivity index (χ4v) is 2.97. The topological polar surface area (TPSA) is 12.5 Å². The Labute approximate surface area is 105 Å². The van der Waals surface area contributed by atoms with Crippen LogP contribution in [0.1, 0.15) is 52.2 Å². The van der Waals surface area contributed by atoms with E-state index in [2.05, 4.69) is 63.9 Å². The zero-order chi connectivity index (χ0) is 12.7. The third-order valence-electron chi connectivity index (χ3n) is 3.69. The zero-order valence-electron chi connectivity index (χ0n) is 11.6. The second kappa shape index (κ2) is 4.11. The van der Waals surface area contributed by atoms with Crippen LogP contribution in [0.15, 0.2) is 24.3 Å². The molecule has 0 aromatic heterocycles. The molecule has 0 saturated heterocycles. The molecule has 1 aliphatic heterocycles. The van der Waals surface area contributed by atoms with Crippen LogP contribution < -0.4 is 0 Å². The van der Waals surface area contributed by atoms with Gasteiger partial charge < -0.3 is 0 Å². The lowest BCUT2D eigenvalue weighted by Crippen LogP contribution is -2.45. The van der Waals surface area contributed by atoms with E-state index in [-0.39, 0.29) is 11.1 Å². The first-order valence-electron chi connectivity index (χ1n) is 6.45. The van der Waals surface area contributed by atoms with Gasteiger partial charge in [0.05, 0.1) is 17.7 Å². The Morgan fingerprint density at radius 3 is 1.88 bits per heavy atom. The van der Waals surface area contributed by atoms with Crippen molar-refractivity contribution in [3.63, 3.8) is 0 Å². The minimum atomic E-state index is -0.0603. The highest BCUT2D eigenvalue weighted by Crippen LogP contribution is 2.49. The van der Waals surface area contributed by atoms with Crippen molar-refractivity contribution < 1.29 is 4.84 Å². The van der Waals surface area contributed by atoms with Gasteiger partial charge in [-0.1, -0.05) is 31.2 Å². The van der Waals surface area contributed by atoms with Crippen molar-refractivity contribution in [1.29, 1.82) is 0 Å². The fourth-order valence-electron chi connectivity index (χ4n) is 2.97. The van der Waals surface area contributed by atoms with Crippen molar-refractivity contribution in [3.8, 4) is 0 Å². The summed E-state index contributed by atoms with van der Waals surface area (Å²) in [6.45, 7) is 11.9. The largest absolute Gasteiger partial charge is 0.297 e. The molecule has 1 heterocycles. The van der Waals surface area contributed by atoms with E-state index in [4.69, 9.17) is 4.84 Å². The first-order chi connectivity index (χ1) is 7.92. The summed E-state index contributed by atoms with van der Waals surface area (Å²) in [7, 11) is 0. The van der Waals surface area contributed by atoms with Crippen molar-refractivity contribution in [2.24, 2.45) is 0 Å². The van der Waals surface area contributed by atoms with Crippen LogP contribution in [-0.4, -0.2) is 11.7 Å². The molecule has 0 unspecified atom stereocenters. The number of rotatable bonds is 3. The lowest BCUT2D eigenvalue weighted by Gasteiger charge is -2.39. The summed E-state index contributed by atoms with van der Waals surface area (Å²) in [6.07, 6.45) is 1.04. The molecule has 0 bridgehead atoms. The summed E-state index contributed by atoms with van der Waals surface area (Å²) in [5, 5.41) is 2.16. The van der Waals surface area contributed by atoms with Crippen molar-refractivity contribution in [1.82, 2.24) is 5.06 Å². The average molecular weight is 233 g/mol. The number of fused-ring (bicyclic) bond motifs is 1. The fraction of sp³-hybridized carbons (Fsp3) is 0.600. The van der Waals surface area contributed by atoms with Gasteiger partial charge in [0, 0.05) is 0 Å². The molecule has 0 spiro atoms. The van der Waals surface area contributed by atoms with E-state index >= 15 is 0 Å². The molecule has 0 aliphatic carbocycles. The molecule has 1 aromatic rings. The number of hydrogen-bond donors (Lipinski definition) is 0. The van der Waals surface area contributed by atoms with E-state index in [0.717, 1.165) is 13.0 Å². The molecular formula is C15H23NO. The average Bonchev–Trinajstić information content (AvgIpc) is 2.43. The molecule has 0 radical (unpaired) electrons. The van der Waals surface area contributed by atoms with E-state index < -0.39 is 0 Å². The molecule has 2 heteroatoms. The summed E-state index contributed by atoms with van der Waals surface area (Å²) in [4.78, 5) is 6.00. The summed E-state index contributed by atoms with van der Waals surface area (Å²) >= 11 is 0. The van der Waals surface area contributed by atoms with Gasteiger partial charge >= 0.3 is 0 Å². The summed E-state index contributed by atoms with van der Waals surface area (Å²) in [5.41, 5.74) is 2.63. The maximum atomic E-state index is 6.00. The minimum absolute atomic E-state index is 0.0603. The highest BCUT2D eigenvalue weighted by Gasteiger charge is 2.49. The van der Waals surface area contributed by atoms with Crippen LogP contribution in [0.3, 0.4) is 0 Å². The van der Waals surface area contributed by atoms with Crippen LogP contribution in [0.2, 0.25) is 0 Å². The Morgan fingerprint density at radius 2 is 1.47 bits per heavy atom. The smallest absolute Gasteiger partial charge is 0.0683 e. The zero-order valence-corrected chi connectivity index (χ0v) is 11.6. The van der Waals surface area contributed by atoms with Gasteiger partial charge in [-0.3, -0.25) is 4.84 Å². The molecule has 1 aromatic carbocycles. The Bertz CT molecular complexity index is 374. The molecule has 0 N–H and O–H groups in total. The maximum absolute atomic E-state index is 6.00. The van der Waals surface area contributed by atoms with Gasteiger partial charge in [-0.15, -0.1) is 0 Å². The molecule has 0 atom stereocenters. The van der Waals surface area contributed by atoms with E-state index in [9.17, 15) is 0 Å². The molecule has 1 aliphatic rings. The second-order valence-corrected chi connectivity index (χ2v) is 5.79. The van der Waals surface area contributed by atoms with Crippen LogP contribution in [0.5, 0.6) is 0 Å². The van der Waals surface area contributed by atoms with Crippen molar-refractivity contribution in [2.45, 2.75) is 52.1 Å². The summed E-state index contributed by atoms with van der Waals surface area (Å²) < 4.78 is 0. The SMILES string of the molecule is CCCON1C(C)(C)c2ccccc2C1(C)C. The highest BCUT2D eigenvalue weighted by molar-refractivity contribution is 5.42. The molecule has 0 saturated carbocycles. The van der Waals surface area contributed by atoms with Gasteiger partial charge in [-0.05, 0) is 45.2 Å². The Hall–Kier alpha value is -0.860. The van der Waals surface area contributed by atoms with Gasteiger partial charge in [0.1, 0.15) is 0 Å². The lowest BCUT2D eigenvalue weighted by molar-refractivity contribution is -0.260. The highest BCUT2D eigenvalue weighted by atomic mass is 16.7. The third kappa shape index (κ3) is 1.80. The minimum Gasteiger partial charge on any atom is -0.297 e. The monoisotopic (exact) mass is 233 g/mol. The van der Waals surface area contributed by atoms with Gasteiger partial charge in [0.2, 0.25) is 0 Å². The first kappa shape index (κ1) is 12.6. The predicted molar refractivity (Wildman–Crippen MR) is 70.6 cm³/mol. The van der Waals surface area contributed by atoms with Crippen LogP contribution in [0, 0.1) is 0 Å². The van der Waals surface area contributed by atoms with E-state index in [1.165, 1.54) is 11.1 Å². The van der Waals surface area contributed by atoms with Crippen molar-refractivity contribution in [3.05, 3.63) is 35.4 Å². The van der Waals surface area contributed by atoms with Crippen molar-refractivity contribution in [2.75, 3.05) is 6.61 Å². The van der Waals surface area contributed by atoms with Gasteiger partial charge in [0.15, 0.2) is 0 Å². The molecular weight excluding hydrogens is 210 g/mol.